The molecule has 0 saturated carbocycles. The monoisotopic (exact) mass is 297 g/mol. The predicted octanol–water partition coefficient (Wildman–Crippen LogP) is 1.50. The molecule has 108 valence electrons. The van der Waals surface area contributed by atoms with Crippen LogP contribution in [0.15, 0.2) is 12.1 Å². The molecule has 0 spiro atoms. The molecule has 0 aromatic heterocycles. The van der Waals surface area contributed by atoms with Crippen LogP contribution >= 0.6 is 12.1 Å². The van der Waals surface area contributed by atoms with Crippen LogP contribution in [-0.4, -0.2) is 30.6 Å². The first-order chi connectivity index (χ1) is 9.66. The summed E-state index contributed by atoms with van der Waals surface area (Å²) in [6.45, 7) is 1.79. The Kier molecular flexibility index (Phi) is 3.71. The van der Waals surface area contributed by atoms with E-state index in [1.807, 2.05) is 0 Å². The van der Waals surface area contributed by atoms with Crippen LogP contribution in [0.4, 0.5) is 10.1 Å². The Morgan fingerprint density at radius 2 is 2.10 bits per heavy atom. The van der Waals surface area contributed by atoms with Gasteiger partial charge in [-0.25, -0.2) is 4.39 Å². The average Bonchev–Trinajstić information content (AvgIpc) is 2.86. The van der Waals surface area contributed by atoms with Gasteiger partial charge in [-0.3, -0.25) is 13.8 Å². The number of nitrogens with one attached hydrogen (secondary N) is 2. The minimum atomic E-state index is -0.416. The van der Waals surface area contributed by atoms with E-state index in [0.29, 0.717) is 5.56 Å². The molecular formula is C13H16FN3O2S. The van der Waals surface area contributed by atoms with Crippen molar-refractivity contribution in [2.24, 2.45) is 0 Å². The van der Waals surface area contributed by atoms with Crippen LogP contribution in [0.2, 0.25) is 0 Å². The molecule has 1 aromatic carbocycles. The summed E-state index contributed by atoms with van der Waals surface area (Å²) in [7, 11) is 0. The van der Waals surface area contributed by atoms with Gasteiger partial charge in [0.25, 0.3) is 5.91 Å². The Labute approximate surface area is 120 Å². The molecular weight excluding hydrogens is 281 g/mol. The summed E-state index contributed by atoms with van der Waals surface area (Å²) < 4.78 is 18.7. The maximum absolute atomic E-state index is 14.7. The lowest BCUT2D eigenvalue weighted by atomic mass is 9.89. The molecule has 3 N–H and O–H groups in total. The van der Waals surface area contributed by atoms with Crippen LogP contribution in [0.3, 0.4) is 0 Å². The van der Waals surface area contributed by atoms with Gasteiger partial charge in [-0.1, -0.05) is 6.07 Å². The number of phenolic OH excluding ortho intramolecular Hbond substituents is 1. The number of aromatic hydroxyl groups is 1. The zero-order valence-corrected chi connectivity index (χ0v) is 11.7. The van der Waals surface area contributed by atoms with Crippen molar-refractivity contribution in [3.8, 4) is 5.75 Å². The smallest absolute Gasteiger partial charge is 0.251 e. The highest BCUT2D eigenvalue weighted by Crippen LogP contribution is 2.40. The summed E-state index contributed by atoms with van der Waals surface area (Å²) in [6, 6.07) is 3.17. The second kappa shape index (κ2) is 5.49. The molecule has 2 aliphatic heterocycles. The van der Waals surface area contributed by atoms with E-state index in [0.717, 1.165) is 38.1 Å². The van der Waals surface area contributed by atoms with E-state index in [-0.39, 0.29) is 29.8 Å². The van der Waals surface area contributed by atoms with Gasteiger partial charge >= 0.3 is 0 Å². The minimum Gasteiger partial charge on any atom is -0.506 e. The van der Waals surface area contributed by atoms with E-state index < -0.39 is 5.82 Å². The first kappa shape index (κ1) is 13.5. The molecule has 0 bridgehead atoms. The van der Waals surface area contributed by atoms with Gasteiger partial charge in [-0.15, -0.1) is 0 Å². The van der Waals surface area contributed by atoms with E-state index in [1.54, 1.807) is 6.07 Å². The van der Waals surface area contributed by atoms with Gasteiger partial charge in [0, 0.05) is 0 Å². The highest BCUT2D eigenvalue weighted by molar-refractivity contribution is 7.99. The molecule has 0 unspecified atom stereocenters. The van der Waals surface area contributed by atoms with Gasteiger partial charge in [-0.05, 0) is 43.5 Å². The number of nitrogens with zero attached hydrogens (tertiary/aromatic N) is 1. The third-order valence-corrected chi connectivity index (χ3v) is 4.56. The minimum absolute atomic E-state index is 0.0465. The molecule has 0 atom stereocenters. The van der Waals surface area contributed by atoms with Crippen molar-refractivity contribution in [3.63, 3.8) is 0 Å². The SMILES string of the molecule is O=C1CN(c2c(O)ccc(C3CCNCC3)c2F)SN1. The zero-order valence-electron chi connectivity index (χ0n) is 10.9. The van der Waals surface area contributed by atoms with E-state index in [1.165, 1.54) is 10.4 Å². The third kappa shape index (κ3) is 2.43. The number of amides is 1. The number of phenols is 1. The molecule has 2 aliphatic rings. The second-order valence-electron chi connectivity index (χ2n) is 5.01. The third-order valence-electron chi connectivity index (χ3n) is 3.71. The molecule has 5 nitrogen and oxygen atoms in total. The Balaban J connectivity index is 1.94. The van der Waals surface area contributed by atoms with Crippen LogP contribution < -0.4 is 14.3 Å². The van der Waals surface area contributed by atoms with Crippen LogP contribution in [0.5, 0.6) is 5.75 Å². The van der Waals surface area contributed by atoms with Crippen LogP contribution in [-0.2, 0) is 4.79 Å². The second-order valence-corrected chi connectivity index (χ2v) is 5.84. The Bertz CT molecular complexity index is 535. The first-order valence-electron chi connectivity index (χ1n) is 6.62. The number of carbonyl (C=O) groups excluding carboxylic acids is 1. The Hall–Kier alpha value is -1.47. The van der Waals surface area contributed by atoms with E-state index in [9.17, 15) is 14.3 Å². The lowest BCUT2D eigenvalue weighted by Crippen LogP contribution is -2.27. The number of benzene rings is 1. The molecule has 1 aromatic rings. The number of piperidine rings is 1. The summed E-state index contributed by atoms with van der Waals surface area (Å²) in [4.78, 5) is 11.3. The maximum Gasteiger partial charge on any atom is 0.251 e. The van der Waals surface area contributed by atoms with Gasteiger partial charge in [0.05, 0.1) is 12.1 Å². The fourth-order valence-electron chi connectivity index (χ4n) is 2.68. The quantitative estimate of drug-likeness (QED) is 0.722. The van der Waals surface area contributed by atoms with Crippen LogP contribution in [0.1, 0.15) is 24.3 Å². The lowest BCUT2D eigenvalue weighted by molar-refractivity contribution is -0.117. The number of hydrogen-bond acceptors (Lipinski definition) is 5. The molecule has 7 heteroatoms. The molecule has 2 heterocycles. The Morgan fingerprint density at radius 3 is 2.75 bits per heavy atom. The summed E-state index contributed by atoms with van der Waals surface area (Å²) in [6.07, 6.45) is 1.76. The van der Waals surface area contributed by atoms with Gasteiger partial charge in [0.1, 0.15) is 18.0 Å². The predicted molar refractivity (Wildman–Crippen MR) is 76.0 cm³/mol. The van der Waals surface area contributed by atoms with E-state index >= 15 is 0 Å². The fraction of sp³-hybridized carbons (Fsp3) is 0.462. The topological polar surface area (TPSA) is 64.6 Å². The Morgan fingerprint density at radius 1 is 1.35 bits per heavy atom. The number of rotatable bonds is 2. The van der Waals surface area contributed by atoms with Crippen molar-refractivity contribution in [2.45, 2.75) is 18.8 Å². The molecule has 3 rings (SSSR count). The number of halogens is 1. The van der Waals surface area contributed by atoms with E-state index in [4.69, 9.17) is 0 Å². The normalized spacial score (nSPS) is 20.2. The van der Waals surface area contributed by atoms with Crippen LogP contribution in [0.25, 0.3) is 0 Å². The van der Waals surface area contributed by atoms with Gasteiger partial charge in [-0.2, -0.15) is 0 Å². The van der Waals surface area contributed by atoms with Gasteiger partial charge in [0.2, 0.25) is 0 Å². The number of hydrogen-bond donors (Lipinski definition) is 3. The first-order valence-corrected chi connectivity index (χ1v) is 7.39. The van der Waals surface area contributed by atoms with Crippen molar-refractivity contribution in [2.75, 3.05) is 23.9 Å². The fourth-order valence-corrected chi connectivity index (χ4v) is 3.40. The summed E-state index contributed by atoms with van der Waals surface area (Å²) in [5, 5.41) is 13.2. The summed E-state index contributed by atoms with van der Waals surface area (Å²) in [5.41, 5.74) is 0.726. The highest BCUT2D eigenvalue weighted by Gasteiger charge is 2.29. The van der Waals surface area contributed by atoms with E-state index in [2.05, 4.69) is 10.0 Å². The highest BCUT2D eigenvalue weighted by atomic mass is 32.2. The molecule has 20 heavy (non-hydrogen) atoms. The molecule has 0 radical (unpaired) electrons. The molecule has 2 saturated heterocycles. The van der Waals surface area contributed by atoms with Gasteiger partial charge in [0.15, 0.2) is 5.82 Å². The van der Waals surface area contributed by atoms with Crippen molar-refractivity contribution in [3.05, 3.63) is 23.5 Å². The van der Waals surface area contributed by atoms with Crippen molar-refractivity contribution < 1.29 is 14.3 Å². The van der Waals surface area contributed by atoms with Crippen molar-refractivity contribution in [1.82, 2.24) is 10.0 Å². The summed E-state index contributed by atoms with van der Waals surface area (Å²) in [5.74, 6) is -0.585. The molecule has 2 fully saturated rings. The van der Waals surface area contributed by atoms with Gasteiger partial charge < -0.3 is 10.4 Å². The molecule has 0 aliphatic carbocycles. The zero-order chi connectivity index (χ0) is 14.1. The number of anilines is 1. The average molecular weight is 297 g/mol. The van der Waals surface area contributed by atoms with Crippen LogP contribution in [0, 0.1) is 5.82 Å². The van der Waals surface area contributed by atoms with Crippen molar-refractivity contribution >= 4 is 23.7 Å². The van der Waals surface area contributed by atoms with Crippen molar-refractivity contribution in [1.29, 1.82) is 0 Å². The summed E-state index contributed by atoms with van der Waals surface area (Å²) >= 11 is 1.01. The maximum atomic E-state index is 14.7. The number of carbonyl (C=O) groups is 1. The molecule has 1 amide bonds. The standard InChI is InChI=1S/C13H16FN3O2S/c14-12-9(8-3-5-15-6-4-8)1-2-10(18)13(12)17-7-11(19)16-20-17/h1-2,8,15,18H,3-7H2,(H,16,19). The lowest BCUT2D eigenvalue weighted by Gasteiger charge is -2.25. The largest absolute Gasteiger partial charge is 0.506 e.